The second-order valence-corrected chi connectivity index (χ2v) is 9.35. The van der Waals surface area contributed by atoms with Crippen molar-refractivity contribution in [3.63, 3.8) is 0 Å². The van der Waals surface area contributed by atoms with Gasteiger partial charge in [0.05, 0.1) is 0 Å². The first-order valence-corrected chi connectivity index (χ1v) is 11.8. The fourth-order valence-electron chi connectivity index (χ4n) is 6.06. The Labute approximate surface area is 228 Å². The molecule has 0 unspecified atom stereocenters. The number of hydrogen-bond donors (Lipinski definition) is 0. The Morgan fingerprint density at radius 3 is 2.29 bits per heavy atom. The molecule has 0 spiro atoms. The number of benzene rings is 7. The molecule has 1 radical (unpaired) electrons. The summed E-state index contributed by atoms with van der Waals surface area (Å²) in [5, 5.41) is 13.0. The van der Waals surface area contributed by atoms with Crippen LogP contribution >= 0.6 is 0 Å². The van der Waals surface area contributed by atoms with Crippen molar-refractivity contribution in [3.8, 4) is 11.1 Å². The molecule has 8 rings (SSSR count). The van der Waals surface area contributed by atoms with Crippen LogP contribution in [0, 0.1) is 6.07 Å². The number of rotatable bonds is 1. The molecule has 1 heterocycles. The van der Waals surface area contributed by atoms with Gasteiger partial charge in [0.1, 0.15) is 0 Å². The maximum Gasteiger partial charge on any atom is 0.0495 e. The monoisotopic (exact) mass is 519 g/mol. The molecule has 8 aromatic rings. The van der Waals surface area contributed by atoms with E-state index in [0.717, 1.165) is 0 Å². The SMILES string of the molecule is Cn1c2ccc(-c3ccc4ccc5[c-]ccc6ccc3c4c56)cc2c2c3ccccc3ccc21.[Y]. The van der Waals surface area contributed by atoms with Crippen LogP contribution in [0.25, 0.3) is 76.0 Å². The first-order chi connectivity index (χ1) is 16.8. The van der Waals surface area contributed by atoms with E-state index in [-0.39, 0.29) is 32.7 Å². The van der Waals surface area contributed by atoms with Crippen LogP contribution in [0.5, 0.6) is 0 Å². The van der Waals surface area contributed by atoms with Gasteiger partial charge in [-0.1, -0.05) is 72.1 Å². The fourth-order valence-corrected chi connectivity index (χ4v) is 6.06. The summed E-state index contributed by atoms with van der Waals surface area (Å²) in [6.07, 6.45) is 0. The molecule has 2 heteroatoms. The molecule has 0 N–H and O–H groups in total. The van der Waals surface area contributed by atoms with Crippen LogP contribution < -0.4 is 0 Å². The van der Waals surface area contributed by atoms with Crippen molar-refractivity contribution in [2.24, 2.45) is 7.05 Å². The second kappa shape index (κ2) is 7.62. The standard InChI is InChI=1S/C33H20N.Y/c1-34-29-17-14-24(19-28(29)33-26-8-3-2-5-20(26)13-18-30(33)34)25-15-11-23-10-9-21-6-4-7-22-12-16-27(25)32(23)31(21)22;/h2-5,7-19H,1H3;/q-1;. The van der Waals surface area contributed by atoms with Crippen LogP contribution in [0.4, 0.5) is 0 Å². The van der Waals surface area contributed by atoms with Crippen LogP contribution in [-0.4, -0.2) is 4.57 Å². The molecule has 1 nitrogen and oxygen atoms in total. The van der Waals surface area contributed by atoms with Crippen LogP contribution in [0.1, 0.15) is 0 Å². The summed E-state index contributed by atoms with van der Waals surface area (Å²) >= 11 is 0. The molecule has 1 aromatic heterocycles. The smallest absolute Gasteiger partial charge is 0.0495 e. The van der Waals surface area contributed by atoms with Gasteiger partial charge in [0, 0.05) is 61.6 Å². The van der Waals surface area contributed by atoms with Gasteiger partial charge in [-0.3, -0.25) is 0 Å². The normalized spacial score (nSPS) is 11.9. The van der Waals surface area contributed by atoms with E-state index in [2.05, 4.69) is 115 Å². The van der Waals surface area contributed by atoms with Gasteiger partial charge >= 0.3 is 0 Å². The number of nitrogens with zero attached hydrogens (tertiary/aromatic N) is 1. The van der Waals surface area contributed by atoms with E-state index in [1.165, 1.54) is 76.0 Å². The summed E-state index contributed by atoms with van der Waals surface area (Å²) in [6, 6.07) is 41.3. The summed E-state index contributed by atoms with van der Waals surface area (Å²) in [4.78, 5) is 0. The Bertz CT molecular complexity index is 2060. The maximum atomic E-state index is 3.43. The predicted octanol–water partition coefficient (Wildman–Crippen LogP) is 8.85. The molecular weight excluding hydrogens is 499 g/mol. The van der Waals surface area contributed by atoms with E-state index in [9.17, 15) is 0 Å². The maximum absolute atomic E-state index is 3.43. The zero-order valence-electron chi connectivity index (χ0n) is 19.3. The third-order valence-corrected chi connectivity index (χ3v) is 7.65. The first-order valence-electron chi connectivity index (χ1n) is 11.8. The Morgan fingerprint density at radius 2 is 1.34 bits per heavy atom. The van der Waals surface area contributed by atoms with Crippen molar-refractivity contribution in [1.82, 2.24) is 4.57 Å². The largest absolute Gasteiger partial charge is 0.344 e. The minimum Gasteiger partial charge on any atom is -0.344 e. The van der Waals surface area contributed by atoms with Crippen LogP contribution in [0.3, 0.4) is 0 Å². The van der Waals surface area contributed by atoms with Gasteiger partial charge in [0.2, 0.25) is 0 Å². The number of aryl methyl sites for hydroxylation is 1. The predicted molar refractivity (Wildman–Crippen MR) is 146 cm³/mol. The summed E-state index contributed by atoms with van der Waals surface area (Å²) < 4.78 is 2.32. The second-order valence-electron chi connectivity index (χ2n) is 9.35. The molecule has 0 atom stereocenters. The molecule has 0 saturated heterocycles. The first kappa shape index (κ1) is 21.1. The van der Waals surface area contributed by atoms with E-state index in [0.29, 0.717) is 0 Å². The minimum absolute atomic E-state index is 0. The molecule has 0 aliphatic heterocycles. The molecule has 0 aliphatic rings. The van der Waals surface area contributed by atoms with Crippen LogP contribution in [0.15, 0.2) is 103 Å². The van der Waals surface area contributed by atoms with Crippen molar-refractivity contribution in [1.29, 1.82) is 0 Å². The third kappa shape index (κ3) is 2.83. The van der Waals surface area contributed by atoms with Gasteiger partial charge in [-0.25, -0.2) is 0 Å². The van der Waals surface area contributed by atoms with E-state index in [1.54, 1.807) is 0 Å². The van der Waals surface area contributed by atoms with Crippen molar-refractivity contribution in [2.75, 3.05) is 0 Å². The molecule has 35 heavy (non-hydrogen) atoms. The summed E-state index contributed by atoms with van der Waals surface area (Å²) in [7, 11) is 2.17. The summed E-state index contributed by atoms with van der Waals surface area (Å²) in [6.45, 7) is 0. The number of fused-ring (bicyclic) bond motifs is 5. The molecule has 0 aliphatic carbocycles. The Balaban J connectivity index is 0.00000210. The molecule has 7 aromatic carbocycles. The van der Waals surface area contributed by atoms with Crippen molar-refractivity contribution in [3.05, 3.63) is 109 Å². The van der Waals surface area contributed by atoms with Gasteiger partial charge < -0.3 is 4.57 Å². The molecule has 0 saturated carbocycles. The van der Waals surface area contributed by atoms with Crippen molar-refractivity contribution < 1.29 is 32.7 Å². The number of aromatic nitrogens is 1. The molecule has 0 amide bonds. The van der Waals surface area contributed by atoms with Gasteiger partial charge in [-0.15, -0.1) is 35.0 Å². The van der Waals surface area contributed by atoms with Gasteiger partial charge in [-0.05, 0) is 56.3 Å². The molecule has 161 valence electrons. The van der Waals surface area contributed by atoms with Crippen LogP contribution in [-0.2, 0) is 39.8 Å². The Kier molecular flexibility index (Phi) is 4.59. The van der Waals surface area contributed by atoms with Crippen molar-refractivity contribution in [2.45, 2.75) is 0 Å². The average molecular weight is 519 g/mol. The summed E-state index contributed by atoms with van der Waals surface area (Å²) in [5.74, 6) is 0. The van der Waals surface area contributed by atoms with Crippen LogP contribution in [0.2, 0.25) is 0 Å². The quantitative estimate of drug-likeness (QED) is 0.151. The minimum atomic E-state index is 0. The Morgan fingerprint density at radius 1 is 0.571 bits per heavy atom. The summed E-state index contributed by atoms with van der Waals surface area (Å²) in [5.41, 5.74) is 5.08. The zero-order chi connectivity index (χ0) is 22.4. The van der Waals surface area contributed by atoms with E-state index in [1.807, 2.05) is 6.07 Å². The number of hydrogen-bond acceptors (Lipinski definition) is 0. The molecule has 0 bridgehead atoms. The average Bonchev–Trinajstić information content (AvgIpc) is 3.19. The fraction of sp³-hybridized carbons (Fsp3) is 0.0303. The van der Waals surface area contributed by atoms with E-state index >= 15 is 0 Å². The molecule has 0 fully saturated rings. The topological polar surface area (TPSA) is 4.93 Å². The van der Waals surface area contributed by atoms with E-state index < -0.39 is 0 Å². The van der Waals surface area contributed by atoms with Gasteiger partial charge in [0.15, 0.2) is 0 Å². The Hall–Kier alpha value is -3.26. The van der Waals surface area contributed by atoms with Gasteiger partial charge in [-0.2, -0.15) is 0 Å². The van der Waals surface area contributed by atoms with Gasteiger partial charge in [0.25, 0.3) is 0 Å². The third-order valence-electron chi connectivity index (χ3n) is 7.65. The van der Waals surface area contributed by atoms with E-state index in [4.69, 9.17) is 0 Å². The van der Waals surface area contributed by atoms with Crippen molar-refractivity contribution >= 4 is 64.9 Å². The zero-order valence-corrected chi connectivity index (χ0v) is 22.2. The molecular formula is C33H20NY-.